The van der Waals surface area contributed by atoms with Gasteiger partial charge < -0.3 is 0 Å². The third kappa shape index (κ3) is 3.91. The van der Waals surface area contributed by atoms with E-state index in [1.165, 1.54) is 3.12 Å². The third-order valence-corrected chi connectivity index (χ3v) is 4.65. The van der Waals surface area contributed by atoms with E-state index in [4.69, 9.17) is 9.84 Å². The van der Waals surface area contributed by atoms with Gasteiger partial charge in [-0.05, 0) is 0 Å². The number of rotatable bonds is 4. The second-order valence-corrected chi connectivity index (χ2v) is 6.20. The molecule has 0 heterocycles. The number of benzene rings is 1. The Labute approximate surface area is 105 Å². The predicted octanol–water partition coefficient (Wildman–Crippen LogP) is -0.189. The quantitative estimate of drug-likeness (QED) is 0.565. The molecule has 1 aromatic carbocycles. The fourth-order valence-corrected chi connectivity index (χ4v) is 3.23. The van der Waals surface area contributed by atoms with E-state index in [2.05, 4.69) is 0 Å². The molecule has 0 spiro atoms. The van der Waals surface area contributed by atoms with Crippen molar-refractivity contribution in [2.24, 2.45) is 0 Å². The fraction of sp³-hybridized carbons (Fsp3) is 0.364. The van der Waals surface area contributed by atoms with Crippen molar-refractivity contribution >= 4 is 34.9 Å². The van der Waals surface area contributed by atoms with Crippen LogP contribution in [0.3, 0.4) is 0 Å². The van der Waals surface area contributed by atoms with E-state index in [1.807, 2.05) is 18.2 Å². The average molecular weight is 399 g/mol. The SMILES string of the molecule is CCOC(=O)Cc1ccc(CO)[c]([TlH])c1. The molecule has 0 aliphatic heterocycles. The van der Waals surface area contributed by atoms with Gasteiger partial charge in [0.1, 0.15) is 0 Å². The van der Waals surface area contributed by atoms with Crippen molar-refractivity contribution in [3.05, 3.63) is 29.3 Å². The summed E-state index contributed by atoms with van der Waals surface area (Å²) in [6.45, 7) is 2.30. The van der Waals surface area contributed by atoms with Crippen LogP contribution in [-0.2, 0) is 22.6 Å². The number of esters is 1. The van der Waals surface area contributed by atoms with E-state index in [1.54, 1.807) is 6.92 Å². The molecule has 0 bridgehead atoms. The van der Waals surface area contributed by atoms with Crippen LogP contribution in [0.1, 0.15) is 18.1 Å². The average Bonchev–Trinajstić information content (AvgIpc) is 2.18. The second-order valence-electron chi connectivity index (χ2n) is 3.24. The molecule has 1 aromatic rings. The van der Waals surface area contributed by atoms with Gasteiger partial charge in [-0.25, -0.2) is 0 Å². The topological polar surface area (TPSA) is 46.5 Å². The van der Waals surface area contributed by atoms with E-state index in [-0.39, 0.29) is 12.6 Å². The molecule has 1 rings (SSSR count). The van der Waals surface area contributed by atoms with Crippen LogP contribution in [0.4, 0.5) is 0 Å². The van der Waals surface area contributed by atoms with Gasteiger partial charge in [0, 0.05) is 0 Å². The molecule has 0 radical (unpaired) electrons. The zero-order valence-electron chi connectivity index (χ0n) is 8.82. The van der Waals surface area contributed by atoms with Gasteiger partial charge in [-0.2, -0.15) is 0 Å². The summed E-state index contributed by atoms with van der Waals surface area (Å²) in [5.74, 6) is -0.193. The zero-order valence-corrected chi connectivity index (χ0v) is 14.3. The molecule has 3 nitrogen and oxygen atoms in total. The van der Waals surface area contributed by atoms with Crippen LogP contribution in [0.2, 0.25) is 0 Å². The number of carbonyl (C=O) groups excluding carboxylic acids is 1. The van der Waals surface area contributed by atoms with Crippen LogP contribution >= 0.6 is 0 Å². The molecule has 4 heteroatoms. The summed E-state index contributed by atoms with van der Waals surface area (Å²) in [6, 6.07) is 5.75. The molecule has 79 valence electrons. The first kappa shape index (κ1) is 12.6. The second kappa shape index (κ2) is 6.22. The Morgan fingerprint density at radius 1 is 1.53 bits per heavy atom. The van der Waals surface area contributed by atoms with Crippen molar-refractivity contribution in [2.75, 3.05) is 6.61 Å². The fourth-order valence-electron chi connectivity index (χ4n) is 1.32. The molecule has 0 aliphatic rings. The third-order valence-electron chi connectivity index (χ3n) is 2.09. The van der Waals surface area contributed by atoms with E-state index < -0.39 is 0 Å². The Balaban J connectivity index is 2.71. The number of hydrogen-bond donors (Lipinski definition) is 1. The zero-order chi connectivity index (χ0) is 11.3. The van der Waals surface area contributed by atoms with Crippen LogP contribution in [0.5, 0.6) is 0 Å². The minimum absolute atomic E-state index is 0.0819. The molecule has 0 saturated carbocycles. The van der Waals surface area contributed by atoms with Crippen molar-refractivity contribution in [3.63, 3.8) is 0 Å². The molecule has 0 fully saturated rings. The van der Waals surface area contributed by atoms with Gasteiger partial charge in [0.05, 0.1) is 0 Å². The molecule has 0 amide bonds. The monoisotopic (exact) mass is 399 g/mol. The molecular weight excluding hydrogens is 385 g/mol. The summed E-state index contributed by atoms with van der Waals surface area (Å²) in [6.07, 6.45) is 0.323. The van der Waals surface area contributed by atoms with E-state index in [0.29, 0.717) is 38.8 Å². The van der Waals surface area contributed by atoms with Crippen molar-refractivity contribution in [1.29, 1.82) is 0 Å². The summed E-state index contributed by atoms with van der Waals surface area (Å²) in [7, 11) is 0. The Hall–Kier alpha value is -0.428. The first-order valence-electron chi connectivity index (χ1n) is 4.87. The Kier molecular flexibility index (Phi) is 5.24. The summed E-state index contributed by atoms with van der Waals surface area (Å²) in [5, 5.41) is 9.01. The van der Waals surface area contributed by atoms with Gasteiger partial charge in [-0.15, -0.1) is 0 Å². The number of carbonyl (C=O) groups is 1. The number of aliphatic hydroxyl groups excluding tert-OH is 1. The normalized spacial score (nSPS) is 9.93. The summed E-state index contributed by atoms with van der Waals surface area (Å²) in [4.78, 5) is 11.2. The van der Waals surface area contributed by atoms with Crippen molar-refractivity contribution in [3.8, 4) is 0 Å². The molecule has 1 N–H and O–H groups in total. The van der Waals surface area contributed by atoms with Gasteiger partial charge >= 0.3 is 105 Å². The first-order valence-corrected chi connectivity index (χ1v) is 7.62. The van der Waals surface area contributed by atoms with Gasteiger partial charge in [0.15, 0.2) is 0 Å². The number of aliphatic hydroxyl groups is 1. The van der Waals surface area contributed by atoms with E-state index >= 15 is 0 Å². The maximum absolute atomic E-state index is 11.2. The molecule has 0 atom stereocenters. The predicted molar refractivity (Wildman–Crippen MR) is 59.5 cm³/mol. The Morgan fingerprint density at radius 3 is 2.80 bits per heavy atom. The Morgan fingerprint density at radius 2 is 2.27 bits per heavy atom. The molecular formula is C11H14O3Tl. The summed E-state index contributed by atoms with van der Waals surface area (Å²) in [5.41, 5.74) is 1.95. The van der Waals surface area contributed by atoms with Crippen molar-refractivity contribution in [2.45, 2.75) is 20.0 Å². The van der Waals surface area contributed by atoms with Gasteiger partial charge in [-0.3, -0.25) is 0 Å². The van der Waals surface area contributed by atoms with Crippen LogP contribution < -0.4 is 3.12 Å². The minimum atomic E-state index is -0.193. The molecule has 0 aromatic heterocycles. The van der Waals surface area contributed by atoms with Crippen LogP contribution in [-0.4, -0.2) is 43.4 Å². The summed E-state index contributed by atoms with van der Waals surface area (Å²) < 4.78 is 6.06. The van der Waals surface area contributed by atoms with E-state index in [0.717, 1.165) is 11.1 Å². The van der Waals surface area contributed by atoms with Crippen LogP contribution in [0.15, 0.2) is 18.2 Å². The maximum atomic E-state index is 11.2. The van der Waals surface area contributed by atoms with Gasteiger partial charge in [-0.1, -0.05) is 0 Å². The molecule has 15 heavy (non-hydrogen) atoms. The van der Waals surface area contributed by atoms with Crippen molar-refractivity contribution in [1.82, 2.24) is 0 Å². The van der Waals surface area contributed by atoms with Gasteiger partial charge in [0.25, 0.3) is 0 Å². The summed E-state index contributed by atoms with van der Waals surface area (Å²) >= 11 is 0.458. The van der Waals surface area contributed by atoms with E-state index in [9.17, 15) is 4.79 Å². The Bertz CT molecular complexity index is 350. The molecule has 0 saturated heterocycles. The van der Waals surface area contributed by atoms with Gasteiger partial charge in [0.2, 0.25) is 0 Å². The number of hydrogen-bond acceptors (Lipinski definition) is 3. The number of ether oxygens (including phenoxy) is 1. The van der Waals surface area contributed by atoms with Crippen LogP contribution in [0.25, 0.3) is 0 Å². The van der Waals surface area contributed by atoms with Crippen LogP contribution in [0, 0.1) is 0 Å². The van der Waals surface area contributed by atoms with Crippen molar-refractivity contribution < 1.29 is 14.6 Å². The molecule has 0 unspecified atom stereocenters. The molecule has 0 aliphatic carbocycles. The standard InChI is InChI=1S/C11H13O3.Tl.H/c1-2-14-11(13)7-9-3-5-10(8-12)6-4-9;;/h3-5,12H,2,7-8H2,1H3;;. The first-order chi connectivity index (χ1) is 7.17.